The van der Waals surface area contributed by atoms with Crippen molar-refractivity contribution in [2.24, 2.45) is 4.99 Å². The minimum Gasteiger partial charge on any atom is -0.357 e. The molecule has 0 unspecified atom stereocenters. The highest BCUT2D eigenvalue weighted by molar-refractivity contribution is 14.0. The van der Waals surface area contributed by atoms with Crippen molar-refractivity contribution in [2.75, 3.05) is 19.6 Å². The van der Waals surface area contributed by atoms with E-state index in [1.807, 2.05) is 0 Å². The van der Waals surface area contributed by atoms with Gasteiger partial charge in [0.15, 0.2) is 5.96 Å². The lowest BCUT2D eigenvalue weighted by Crippen LogP contribution is -2.42. The first kappa shape index (κ1) is 22.0. The smallest absolute Gasteiger partial charge is 0.191 e. The third kappa shape index (κ3) is 7.36. The molecule has 0 spiro atoms. The van der Waals surface area contributed by atoms with Crippen molar-refractivity contribution in [1.82, 2.24) is 15.5 Å². The molecule has 0 fully saturated rings. The Balaban J connectivity index is 0.00000312. The average Bonchev–Trinajstić information content (AvgIpc) is 3.11. The number of nitrogens with zero attached hydrogens (tertiary/aromatic N) is 2. The van der Waals surface area contributed by atoms with Crippen molar-refractivity contribution in [2.45, 2.75) is 52.7 Å². The van der Waals surface area contributed by atoms with Gasteiger partial charge in [0.25, 0.3) is 0 Å². The molecule has 25 heavy (non-hydrogen) atoms. The fraction of sp³-hybridized carbons (Fsp3) is 0.550. The van der Waals surface area contributed by atoms with Gasteiger partial charge in [0.1, 0.15) is 0 Å². The van der Waals surface area contributed by atoms with E-state index < -0.39 is 0 Å². The van der Waals surface area contributed by atoms with Crippen LogP contribution in [0.15, 0.2) is 41.4 Å². The Labute approximate surface area is 170 Å². The van der Waals surface area contributed by atoms with Crippen LogP contribution in [0, 0.1) is 0 Å². The molecule has 140 valence electrons. The maximum absolute atomic E-state index is 4.81. The first-order chi connectivity index (χ1) is 11.8. The highest BCUT2D eigenvalue weighted by Crippen LogP contribution is 2.13. The molecule has 1 aliphatic carbocycles. The first-order valence-electron chi connectivity index (χ1n) is 9.25. The third-order valence-electron chi connectivity index (χ3n) is 4.51. The fourth-order valence-corrected chi connectivity index (χ4v) is 2.97. The van der Waals surface area contributed by atoms with Gasteiger partial charge in [0.05, 0.1) is 6.54 Å². The zero-order valence-corrected chi connectivity index (χ0v) is 18.1. The summed E-state index contributed by atoms with van der Waals surface area (Å²) < 4.78 is 0. The lowest BCUT2D eigenvalue weighted by molar-refractivity contribution is 0.295. The molecule has 2 N–H and O–H groups in total. The minimum absolute atomic E-state index is 0. The average molecular weight is 456 g/mol. The van der Waals surface area contributed by atoms with Gasteiger partial charge in [-0.2, -0.15) is 0 Å². The fourth-order valence-electron chi connectivity index (χ4n) is 2.97. The second kappa shape index (κ2) is 12.3. The predicted octanol–water partition coefficient (Wildman–Crippen LogP) is 3.92. The SMILES string of the molecule is CCNC(=NCc1ccccc1CN(CC)CC)NC1CC=CC1.I. The molecule has 0 heterocycles. The van der Waals surface area contributed by atoms with Gasteiger partial charge in [-0.3, -0.25) is 4.90 Å². The molecule has 5 heteroatoms. The van der Waals surface area contributed by atoms with Crippen LogP contribution in [-0.2, 0) is 13.1 Å². The number of hydrogen-bond donors (Lipinski definition) is 2. The molecule has 1 aromatic rings. The lowest BCUT2D eigenvalue weighted by Gasteiger charge is -2.20. The lowest BCUT2D eigenvalue weighted by atomic mass is 10.1. The van der Waals surface area contributed by atoms with Crippen LogP contribution in [0.4, 0.5) is 0 Å². The van der Waals surface area contributed by atoms with Crippen LogP contribution in [-0.4, -0.2) is 36.5 Å². The molecule has 1 aromatic carbocycles. The van der Waals surface area contributed by atoms with E-state index in [2.05, 4.69) is 72.7 Å². The van der Waals surface area contributed by atoms with Gasteiger partial charge in [0, 0.05) is 19.1 Å². The van der Waals surface area contributed by atoms with Crippen molar-refractivity contribution in [3.8, 4) is 0 Å². The molecule has 4 nitrogen and oxygen atoms in total. The van der Waals surface area contributed by atoms with E-state index in [1.54, 1.807) is 0 Å². The third-order valence-corrected chi connectivity index (χ3v) is 4.51. The molecule has 1 aliphatic rings. The Morgan fingerprint density at radius 1 is 1.08 bits per heavy atom. The van der Waals surface area contributed by atoms with E-state index in [1.165, 1.54) is 11.1 Å². The van der Waals surface area contributed by atoms with E-state index in [0.29, 0.717) is 12.6 Å². The van der Waals surface area contributed by atoms with Gasteiger partial charge < -0.3 is 10.6 Å². The Bertz CT molecular complexity index is 544. The summed E-state index contributed by atoms with van der Waals surface area (Å²) in [5, 5.41) is 6.90. The standard InChI is InChI=1S/C20H32N4.HI/c1-4-21-20(23-19-13-9-10-14-19)22-15-17-11-7-8-12-18(17)16-24(5-2)6-3;/h7-12,19H,4-6,13-16H2,1-3H3,(H2,21,22,23);1H. The van der Waals surface area contributed by atoms with Gasteiger partial charge in [-0.05, 0) is 44.0 Å². The zero-order valence-electron chi connectivity index (χ0n) is 15.8. The van der Waals surface area contributed by atoms with Crippen LogP contribution in [0.5, 0.6) is 0 Å². The molecule has 0 amide bonds. The maximum Gasteiger partial charge on any atom is 0.191 e. The topological polar surface area (TPSA) is 39.7 Å². The summed E-state index contributed by atoms with van der Waals surface area (Å²) in [5.74, 6) is 0.920. The Hall–Kier alpha value is -1.08. The Morgan fingerprint density at radius 3 is 2.32 bits per heavy atom. The van der Waals surface area contributed by atoms with Crippen LogP contribution in [0.2, 0.25) is 0 Å². The van der Waals surface area contributed by atoms with Gasteiger partial charge in [-0.1, -0.05) is 50.3 Å². The second-order valence-electron chi connectivity index (χ2n) is 6.21. The second-order valence-corrected chi connectivity index (χ2v) is 6.21. The van der Waals surface area contributed by atoms with Gasteiger partial charge in [0.2, 0.25) is 0 Å². The molecular formula is C20H33IN4. The number of guanidine groups is 1. The Kier molecular flexibility index (Phi) is 10.8. The molecular weight excluding hydrogens is 423 g/mol. The monoisotopic (exact) mass is 456 g/mol. The zero-order chi connectivity index (χ0) is 17.2. The van der Waals surface area contributed by atoms with Crippen molar-refractivity contribution < 1.29 is 0 Å². The number of benzene rings is 1. The van der Waals surface area contributed by atoms with E-state index >= 15 is 0 Å². The number of halogens is 1. The summed E-state index contributed by atoms with van der Waals surface area (Å²) >= 11 is 0. The number of hydrogen-bond acceptors (Lipinski definition) is 2. The van der Waals surface area contributed by atoms with Gasteiger partial charge >= 0.3 is 0 Å². The molecule has 0 radical (unpaired) electrons. The predicted molar refractivity (Wildman–Crippen MR) is 119 cm³/mol. The summed E-state index contributed by atoms with van der Waals surface area (Å²) in [4.78, 5) is 7.26. The summed E-state index contributed by atoms with van der Waals surface area (Å²) in [7, 11) is 0. The quantitative estimate of drug-likeness (QED) is 0.270. The molecule has 0 saturated heterocycles. The number of rotatable bonds is 8. The number of aliphatic imine (C=N–C) groups is 1. The van der Waals surface area contributed by atoms with E-state index in [-0.39, 0.29) is 24.0 Å². The van der Waals surface area contributed by atoms with Crippen LogP contribution in [0.3, 0.4) is 0 Å². The van der Waals surface area contributed by atoms with E-state index in [0.717, 1.165) is 45.0 Å². The summed E-state index contributed by atoms with van der Waals surface area (Å²) in [6, 6.07) is 9.14. The molecule has 2 rings (SSSR count). The maximum atomic E-state index is 4.81. The van der Waals surface area contributed by atoms with Crippen LogP contribution in [0.1, 0.15) is 44.7 Å². The van der Waals surface area contributed by atoms with Crippen LogP contribution in [0.25, 0.3) is 0 Å². The van der Waals surface area contributed by atoms with Crippen LogP contribution >= 0.6 is 24.0 Å². The van der Waals surface area contributed by atoms with Crippen molar-refractivity contribution >= 4 is 29.9 Å². The largest absolute Gasteiger partial charge is 0.357 e. The van der Waals surface area contributed by atoms with Gasteiger partial charge in [-0.15, -0.1) is 24.0 Å². The highest BCUT2D eigenvalue weighted by atomic mass is 127. The van der Waals surface area contributed by atoms with Crippen molar-refractivity contribution in [3.63, 3.8) is 0 Å². The summed E-state index contributed by atoms with van der Waals surface area (Å²) in [6.45, 7) is 11.3. The van der Waals surface area contributed by atoms with E-state index in [4.69, 9.17) is 4.99 Å². The molecule has 0 aromatic heterocycles. The van der Waals surface area contributed by atoms with Crippen LogP contribution < -0.4 is 10.6 Å². The highest BCUT2D eigenvalue weighted by Gasteiger charge is 2.12. The van der Waals surface area contributed by atoms with Gasteiger partial charge in [-0.25, -0.2) is 4.99 Å². The van der Waals surface area contributed by atoms with Crippen molar-refractivity contribution in [3.05, 3.63) is 47.5 Å². The first-order valence-corrected chi connectivity index (χ1v) is 9.25. The summed E-state index contributed by atoms with van der Waals surface area (Å²) in [5.41, 5.74) is 2.69. The molecule has 0 bridgehead atoms. The number of nitrogens with one attached hydrogen (secondary N) is 2. The molecule has 0 aliphatic heterocycles. The van der Waals surface area contributed by atoms with E-state index in [9.17, 15) is 0 Å². The summed E-state index contributed by atoms with van der Waals surface area (Å²) in [6.07, 6.45) is 6.65. The molecule has 0 atom stereocenters. The van der Waals surface area contributed by atoms with Crippen molar-refractivity contribution in [1.29, 1.82) is 0 Å². The normalized spacial score (nSPS) is 14.6. The Morgan fingerprint density at radius 2 is 1.72 bits per heavy atom. The molecule has 0 saturated carbocycles. The minimum atomic E-state index is 0.